The summed E-state index contributed by atoms with van der Waals surface area (Å²) in [6.45, 7) is 4.01. The first-order chi connectivity index (χ1) is 9.95. The van der Waals surface area contributed by atoms with Gasteiger partial charge in [0.2, 0.25) is 0 Å². The van der Waals surface area contributed by atoms with Gasteiger partial charge in [-0.1, -0.05) is 22.0 Å². The van der Waals surface area contributed by atoms with Crippen LogP contribution in [-0.2, 0) is 0 Å². The summed E-state index contributed by atoms with van der Waals surface area (Å²) in [5.74, 6) is 0.604. The third-order valence-electron chi connectivity index (χ3n) is 2.49. The molecule has 2 aromatic rings. The molecule has 1 aromatic carbocycles. The number of hydrogen-bond acceptors (Lipinski definition) is 4. The zero-order valence-electron chi connectivity index (χ0n) is 11.6. The number of carbonyl (C=O) groups is 1. The first-order valence-corrected chi connectivity index (χ1v) is 7.95. The monoisotopic (exact) mass is 412 g/mol. The van der Waals surface area contributed by atoms with Gasteiger partial charge in [-0.05, 0) is 60.1 Å². The number of anilines is 1. The van der Waals surface area contributed by atoms with Crippen molar-refractivity contribution in [3.8, 4) is 5.75 Å². The van der Waals surface area contributed by atoms with E-state index in [1.165, 1.54) is 0 Å². The molecule has 0 bridgehead atoms. The molecule has 0 saturated heterocycles. The Balaban J connectivity index is 2.16. The van der Waals surface area contributed by atoms with Gasteiger partial charge in [0, 0.05) is 10.5 Å². The lowest BCUT2D eigenvalue weighted by atomic mass is 10.3. The summed E-state index contributed by atoms with van der Waals surface area (Å²) in [6, 6.07) is 10.8. The van der Waals surface area contributed by atoms with E-state index in [1.54, 1.807) is 24.3 Å². The van der Waals surface area contributed by atoms with E-state index >= 15 is 0 Å². The van der Waals surface area contributed by atoms with Gasteiger partial charge in [-0.2, -0.15) is 0 Å². The number of hydrogen-bond donors (Lipinski definition) is 1. The molecule has 0 radical (unpaired) electrons. The van der Waals surface area contributed by atoms with Crippen LogP contribution in [0.5, 0.6) is 5.75 Å². The maximum absolute atomic E-state index is 12.1. The lowest BCUT2D eigenvalue weighted by Crippen LogP contribution is -2.15. The molecule has 4 nitrogen and oxygen atoms in total. The Kier molecular flexibility index (Phi) is 5.36. The number of aromatic nitrogens is 1. The summed E-state index contributed by atoms with van der Waals surface area (Å²) in [4.78, 5) is 16.4. The molecule has 0 aliphatic heterocycles. The molecule has 0 fully saturated rings. The smallest absolute Gasteiger partial charge is 0.362 e. The zero-order valence-corrected chi connectivity index (χ0v) is 14.7. The van der Waals surface area contributed by atoms with Crippen molar-refractivity contribution < 1.29 is 9.53 Å². The molecule has 0 amide bonds. The highest BCUT2D eigenvalue weighted by Gasteiger charge is 2.13. The summed E-state index contributed by atoms with van der Waals surface area (Å²) < 4.78 is 6.94. The molecule has 0 atom stereocenters. The molecular formula is C15H14Br2N2O2. The number of rotatable bonds is 4. The van der Waals surface area contributed by atoms with Crippen molar-refractivity contribution in [3.05, 3.63) is 51.0 Å². The highest BCUT2D eigenvalue weighted by atomic mass is 79.9. The molecule has 0 aliphatic carbocycles. The van der Waals surface area contributed by atoms with Gasteiger partial charge in [-0.15, -0.1) is 0 Å². The van der Waals surface area contributed by atoms with E-state index in [0.29, 0.717) is 16.0 Å². The molecule has 1 heterocycles. The second kappa shape index (κ2) is 7.04. The third-order valence-corrected chi connectivity index (χ3v) is 3.60. The average Bonchev–Trinajstić information content (AvgIpc) is 2.41. The highest BCUT2D eigenvalue weighted by Crippen LogP contribution is 2.28. The van der Waals surface area contributed by atoms with Crippen LogP contribution in [0.15, 0.2) is 45.3 Å². The van der Waals surface area contributed by atoms with Crippen molar-refractivity contribution in [2.75, 3.05) is 5.32 Å². The number of halogens is 2. The number of nitrogens with zero attached hydrogens (tertiary/aromatic N) is 1. The first kappa shape index (κ1) is 16.0. The number of pyridine rings is 1. The molecule has 2 rings (SSSR count). The molecule has 21 heavy (non-hydrogen) atoms. The predicted molar refractivity (Wildman–Crippen MR) is 89.8 cm³/mol. The van der Waals surface area contributed by atoms with Crippen LogP contribution in [0.3, 0.4) is 0 Å². The standard InChI is InChI=1S/C15H14Br2N2O2/c1-9(2)18-14-5-3-4-12(19-14)15(20)21-13-7-6-10(16)8-11(13)17/h3-9H,1-2H3,(H,18,19). The van der Waals surface area contributed by atoms with E-state index in [1.807, 2.05) is 26.0 Å². The molecule has 1 aromatic heterocycles. The minimum atomic E-state index is -0.495. The zero-order chi connectivity index (χ0) is 15.4. The van der Waals surface area contributed by atoms with E-state index in [9.17, 15) is 4.79 Å². The Morgan fingerprint density at radius 2 is 2.00 bits per heavy atom. The second-order valence-electron chi connectivity index (χ2n) is 4.67. The fraction of sp³-hybridized carbons (Fsp3) is 0.200. The highest BCUT2D eigenvalue weighted by molar-refractivity contribution is 9.11. The Labute approximate surface area is 140 Å². The molecule has 0 saturated carbocycles. The summed E-state index contributed by atoms with van der Waals surface area (Å²) in [5.41, 5.74) is 0.260. The predicted octanol–water partition coefficient (Wildman–Crippen LogP) is 4.65. The van der Waals surface area contributed by atoms with Crippen molar-refractivity contribution in [1.29, 1.82) is 0 Å². The molecule has 0 unspecified atom stereocenters. The van der Waals surface area contributed by atoms with Crippen LogP contribution in [0, 0.1) is 0 Å². The third kappa shape index (κ3) is 4.54. The molecule has 110 valence electrons. The Hall–Kier alpha value is -1.40. The Bertz CT molecular complexity index is 660. The number of nitrogens with one attached hydrogen (secondary N) is 1. The van der Waals surface area contributed by atoms with Crippen molar-refractivity contribution in [1.82, 2.24) is 4.98 Å². The fourth-order valence-electron chi connectivity index (χ4n) is 1.63. The van der Waals surface area contributed by atoms with Gasteiger partial charge in [0.1, 0.15) is 11.6 Å². The van der Waals surface area contributed by atoms with E-state index in [0.717, 1.165) is 4.47 Å². The topological polar surface area (TPSA) is 51.2 Å². The summed E-state index contributed by atoms with van der Waals surface area (Å²) >= 11 is 6.70. The van der Waals surface area contributed by atoms with E-state index in [-0.39, 0.29) is 11.7 Å². The maximum atomic E-state index is 12.1. The molecular weight excluding hydrogens is 400 g/mol. The normalized spacial score (nSPS) is 10.5. The largest absolute Gasteiger partial charge is 0.421 e. The van der Waals surface area contributed by atoms with E-state index < -0.39 is 5.97 Å². The lowest BCUT2D eigenvalue weighted by Gasteiger charge is -2.10. The van der Waals surface area contributed by atoms with Crippen LogP contribution in [0.4, 0.5) is 5.82 Å². The van der Waals surface area contributed by atoms with Crippen LogP contribution in [0.25, 0.3) is 0 Å². The Morgan fingerprint density at radius 1 is 1.24 bits per heavy atom. The van der Waals surface area contributed by atoms with Gasteiger partial charge in [0.15, 0.2) is 5.69 Å². The van der Waals surface area contributed by atoms with Crippen LogP contribution in [0.2, 0.25) is 0 Å². The first-order valence-electron chi connectivity index (χ1n) is 6.36. The molecule has 0 aliphatic rings. The lowest BCUT2D eigenvalue weighted by molar-refractivity contribution is 0.0727. The van der Waals surface area contributed by atoms with Gasteiger partial charge >= 0.3 is 5.97 Å². The van der Waals surface area contributed by atoms with E-state index in [2.05, 4.69) is 42.2 Å². The summed E-state index contributed by atoms with van der Waals surface area (Å²) in [6.07, 6.45) is 0. The summed E-state index contributed by atoms with van der Waals surface area (Å²) in [5, 5.41) is 3.15. The van der Waals surface area contributed by atoms with Crippen molar-refractivity contribution >= 4 is 43.6 Å². The number of carbonyl (C=O) groups excluding carboxylic acids is 1. The van der Waals surface area contributed by atoms with Crippen molar-refractivity contribution in [3.63, 3.8) is 0 Å². The number of ether oxygens (including phenoxy) is 1. The van der Waals surface area contributed by atoms with Gasteiger partial charge in [0.05, 0.1) is 4.47 Å². The minimum absolute atomic E-state index is 0.240. The van der Waals surface area contributed by atoms with Crippen LogP contribution >= 0.6 is 31.9 Å². The quantitative estimate of drug-likeness (QED) is 0.585. The molecule has 1 N–H and O–H groups in total. The van der Waals surface area contributed by atoms with Crippen molar-refractivity contribution in [2.45, 2.75) is 19.9 Å². The Morgan fingerprint density at radius 3 is 2.67 bits per heavy atom. The van der Waals surface area contributed by atoms with Gasteiger partial charge in [-0.25, -0.2) is 9.78 Å². The van der Waals surface area contributed by atoms with Crippen molar-refractivity contribution in [2.24, 2.45) is 0 Å². The molecule has 0 spiro atoms. The van der Waals surface area contributed by atoms with Crippen LogP contribution < -0.4 is 10.1 Å². The maximum Gasteiger partial charge on any atom is 0.362 e. The van der Waals surface area contributed by atoms with Gasteiger partial charge in [0.25, 0.3) is 0 Å². The number of benzene rings is 1. The SMILES string of the molecule is CC(C)Nc1cccc(C(=O)Oc2ccc(Br)cc2Br)n1. The fourth-order valence-corrected chi connectivity index (χ4v) is 2.76. The van der Waals surface area contributed by atoms with Gasteiger partial charge < -0.3 is 10.1 Å². The minimum Gasteiger partial charge on any atom is -0.421 e. The second-order valence-corrected chi connectivity index (χ2v) is 6.44. The molecule has 6 heteroatoms. The van der Waals surface area contributed by atoms with Crippen LogP contribution in [0.1, 0.15) is 24.3 Å². The van der Waals surface area contributed by atoms with Crippen LogP contribution in [-0.4, -0.2) is 17.0 Å². The van der Waals surface area contributed by atoms with Gasteiger partial charge in [-0.3, -0.25) is 0 Å². The summed E-state index contributed by atoms with van der Waals surface area (Å²) in [7, 11) is 0. The van der Waals surface area contributed by atoms with E-state index in [4.69, 9.17) is 4.74 Å². The average molecular weight is 414 g/mol. The number of esters is 1.